The quantitative estimate of drug-likeness (QED) is 0.350. The Kier molecular flexibility index (Phi) is 6.97. The molecule has 0 unspecified atom stereocenters. The average Bonchev–Trinajstić information content (AvgIpc) is 3.23. The average molecular weight is 448 g/mol. The van der Waals surface area contributed by atoms with Gasteiger partial charge in [-0.1, -0.05) is 29.5 Å². The molecule has 0 bridgehead atoms. The van der Waals surface area contributed by atoms with Gasteiger partial charge in [0.15, 0.2) is 5.13 Å². The second kappa shape index (κ2) is 10.2. The van der Waals surface area contributed by atoms with Crippen LogP contribution < -0.4 is 14.4 Å². The minimum absolute atomic E-state index is 0.0258. The summed E-state index contributed by atoms with van der Waals surface area (Å²) in [5, 5.41) is 0.661. The molecule has 4 rings (SSSR count). The molecule has 6 nitrogen and oxygen atoms in total. The Morgan fingerprint density at radius 3 is 2.44 bits per heavy atom. The van der Waals surface area contributed by atoms with Crippen molar-refractivity contribution in [2.75, 3.05) is 18.1 Å². The summed E-state index contributed by atoms with van der Waals surface area (Å²) in [7, 11) is 0. The molecule has 0 aliphatic carbocycles. The number of amides is 1. The molecule has 0 aliphatic rings. The lowest BCUT2D eigenvalue weighted by molar-refractivity contribution is -0.118. The van der Waals surface area contributed by atoms with Crippen molar-refractivity contribution in [3.05, 3.63) is 78.1 Å². The van der Waals surface area contributed by atoms with Gasteiger partial charge < -0.3 is 9.47 Å². The smallest absolute Gasteiger partial charge is 0.233 e. The highest BCUT2D eigenvalue weighted by Gasteiger charge is 2.21. The number of fused-ring (bicyclic) bond motifs is 1. The second-order valence-corrected chi connectivity index (χ2v) is 8.16. The van der Waals surface area contributed by atoms with E-state index in [1.165, 1.54) is 11.3 Å². The number of carbonyl (C=O) groups excluding carboxylic acids is 1. The molecule has 0 spiro atoms. The van der Waals surface area contributed by atoms with Crippen molar-refractivity contribution in [1.29, 1.82) is 0 Å². The van der Waals surface area contributed by atoms with Crippen LogP contribution in [0.1, 0.15) is 25.0 Å². The molecule has 2 aromatic heterocycles. The van der Waals surface area contributed by atoms with E-state index in [9.17, 15) is 4.79 Å². The summed E-state index contributed by atoms with van der Waals surface area (Å²) in [6.45, 7) is 5.52. The first-order valence-corrected chi connectivity index (χ1v) is 11.4. The van der Waals surface area contributed by atoms with Crippen molar-refractivity contribution < 1.29 is 14.3 Å². The van der Waals surface area contributed by atoms with E-state index < -0.39 is 0 Å². The number of aromatic nitrogens is 2. The fraction of sp³-hybridized carbons (Fsp3) is 0.240. The van der Waals surface area contributed by atoms with Crippen LogP contribution in [-0.4, -0.2) is 29.1 Å². The fourth-order valence-electron chi connectivity index (χ4n) is 3.34. The largest absolute Gasteiger partial charge is 0.494 e. The number of carbonyl (C=O) groups is 1. The van der Waals surface area contributed by atoms with Crippen molar-refractivity contribution in [2.45, 2.75) is 26.8 Å². The third kappa shape index (κ3) is 5.23. The number of hydrogen-bond acceptors (Lipinski definition) is 6. The number of anilines is 1. The molecule has 2 aromatic carbocycles. The number of rotatable bonds is 9. The summed E-state index contributed by atoms with van der Waals surface area (Å²) in [5.74, 6) is 1.57. The van der Waals surface area contributed by atoms with Gasteiger partial charge in [-0.3, -0.25) is 14.7 Å². The van der Waals surface area contributed by atoms with Crippen LogP contribution in [0.4, 0.5) is 5.13 Å². The van der Waals surface area contributed by atoms with Crippen LogP contribution in [0.15, 0.2) is 67.0 Å². The predicted octanol–water partition coefficient (Wildman–Crippen LogP) is 5.26. The molecule has 0 saturated heterocycles. The lowest BCUT2D eigenvalue weighted by Gasteiger charge is -2.20. The van der Waals surface area contributed by atoms with Gasteiger partial charge in [-0.05, 0) is 61.4 Å². The molecule has 1 amide bonds. The van der Waals surface area contributed by atoms with Crippen LogP contribution in [0.25, 0.3) is 10.2 Å². The monoisotopic (exact) mass is 447 g/mol. The molecule has 0 saturated carbocycles. The molecule has 0 fully saturated rings. The van der Waals surface area contributed by atoms with E-state index in [0.717, 1.165) is 32.8 Å². The van der Waals surface area contributed by atoms with E-state index in [-0.39, 0.29) is 12.3 Å². The van der Waals surface area contributed by atoms with E-state index in [1.54, 1.807) is 17.3 Å². The van der Waals surface area contributed by atoms with Crippen LogP contribution >= 0.6 is 11.3 Å². The van der Waals surface area contributed by atoms with E-state index in [1.807, 2.05) is 68.4 Å². The van der Waals surface area contributed by atoms with Gasteiger partial charge >= 0.3 is 0 Å². The highest BCUT2D eigenvalue weighted by atomic mass is 32.1. The highest BCUT2D eigenvalue weighted by Crippen LogP contribution is 2.32. The van der Waals surface area contributed by atoms with Crippen molar-refractivity contribution in [2.24, 2.45) is 0 Å². The van der Waals surface area contributed by atoms with Gasteiger partial charge in [0, 0.05) is 12.4 Å². The fourth-order valence-corrected chi connectivity index (χ4v) is 4.35. The summed E-state index contributed by atoms with van der Waals surface area (Å²) in [5.41, 5.74) is 2.72. The van der Waals surface area contributed by atoms with Crippen molar-refractivity contribution in [3.8, 4) is 11.5 Å². The number of pyridine rings is 1. The molecule has 164 valence electrons. The Bertz CT molecular complexity index is 1180. The van der Waals surface area contributed by atoms with E-state index in [0.29, 0.717) is 24.9 Å². The zero-order valence-electron chi connectivity index (χ0n) is 18.2. The normalized spacial score (nSPS) is 10.8. The number of thiazole rings is 1. The minimum atomic E-state index is -0.0258. The van der Waals surface area contributed by atoms with Gasteiger partial charge in [-0.25, -0.2) is 4.98 Å². The second-order valence-electron chi connectivity index (χ2n) is 7.15. The SMILES string of the molecule is CCOc1ccc(CC(=O)N(Cc2cccnc2)c2nc3ccc(OCC)cc3s2)cc1. The van der Waals surface area contributed by atoms with Crippen LogP contribution in [0.2, 0.25) is 0 Å². The van der Waals surface area contributed by atoms with Crippen LogP contribution in [-0.2, 0) is 17.8 Å². The summed E-state index contributed by atoms with van der Waals surface area (Å²) in [6.07, 6.45) is 3.77. The molecule has 32 heavy (non-hydrogen) atoms. The Labute approximate surface area is 191 Å². The topological polar surface area (TPSA) is 64.5 Å². The molecule has 0 N–H and O–H groups in total. The van der Waals surface area contributed by atoms with Gasteiger partial charge in [0.25, 0.3) is 0 Å². The Morgan fingerprint density at radius 2 is 1.72 bits per heavy atom. The van der Waals surface area contributed by atoms with Gasteiger partial charge in [0.1, 0.15) is 11.5 Å². The Balaban J connectivity index is 1.62. The zero-order chi connectivity index (χ0) is 22.3. The van der Waals surface area contributed by atoms with Crippen LogP contribution in [0.3, 0.4) is 0 Å². The van der Waals surface area contributed by atoms with Gasteiger partial charge in [-0.2, -0.15) is 0 Å². The molecule has 0 atom stereocenters. The maximum absolute atomic E-state index is 13.4. The number of hydrogen-bond donors (Lipinski definition) is 0. The maximum atomic E-state index is 13.4. The Hall–Kier alpha value is -3.45. The van der Waals surface area contributed by atoms with Crippen LogP contribution in [0.5, 0.6) is 11.5 Å². The first kappa shape index (κ1) is 21.8. The van der Waals surface area contributed by atoms with Gasteiger partial charge in [0.2, 0.25) is 5.91 Å². The lowest BCUT2D eigenvalue weighted by Crippen LogP contribution is -2.31. The standard InChI is InChI=1S/C25H25N3O3S/c1-3-30-20-9-7-18(8-10-20)14-24(29)28(17-19-6-5-13-26-16-19)25-27-22-12-11-21(31-4-2)15-23(22)32-25/h5-13,15-16H,3-4,14,17H2,1-2H3. The third-order valence-electron chi connectivity index (χ3n) is 4.84. The number of nitrogens with zero attached hydrogens (tertiary/aromatic N) is 3. The molecule has 4 aromatic rings. The number of benzene rings is 2. The highest BCUT2D eigenvalue weighted by molar-refractivity contribution is 7.22. The molecule has 0 aliphatic heterocycles. The lowest BCUT2D eigenvalue weighted by atomic mass is 10.1. The zero-order valence-corrected chi connectivity index (χ0v) is 19.0. The minimum Gasteiger partial charge on any atom is -0.494 e. The maximum Gasteiger partial charge on any atom is 0.233 e. The first-order chi connectivity index (χ1) is 15.7. The molecule has 2 heterocycles. The van der Waals surface area contributed by atoms with Crippen molar-refractivity contribution in [3.63, 3.8) is 0 Å². The van der Waals surface area contributed by atoms with Gasteiger partial charge in [0.05, 0.1) is 36.4 Å². The first-order valence-electron chi connectivity index (χ1n) is 10.6. The summed E-state index contributed by atoms with van der Waals surface area (Å²) in [4.78, 5) is 24.1. The van der Waals surface area contributed by atoms with Crippen molar-refractivity contribution in [1.82, 2.24) is 9.97 Å². The number of ether oxygens (including phenoxy) is 2. The predicted molar refractivity (Wildman–Crippen MR) is 128 cm³/mol. The molecular formula is C25H25N3O3S. The Morgan fingerprint density at radius 1 is 0.969 bits per heavy atom. The van der Waals surface area contributed by atoms with E-state index in [4.69, 9.17) is 14.5 Å². The molecule has 0 radical (unpaired) electrons. The van der Waals surface area contributed by atoms with E-state index in [2.05, 4.69) is 4.98 Å². The summed E-state index contributed by atoms with van der Waals surface area (Å²) < 4.78 is 12.1. The van der Waals surface area contributed by atoms with Crippen LogP contribution in [0, 0.1) is 0 Å². The van der Waals surface area contributed by atoms with Gasteiger partial charge in [-0.15, -0.1) is 0 Å². The van der Waals surface area contributed by atoms with Crippen molar-refractivity contribution >= 4 is 32.6 Å². The van der Waals surface area contributed by atoms with E-state index >= 15 is 0 Å². The molecule has 7 heteroatoms. The summed E-state index contributed by atoms with van der Waals surface area (Å²) in [6, 6.07) is 17.3. The third-order valence-corrected chi connectivity index (χ3v) is 5.89. The molecular weight excluding hydrogens is 422 g/mol. The summed E-state index contributed by atoms with van der Waals surface area (Å²) >= 11 is 1.49.